The molecule has 166 valence electrons. The molecule has 0 aliphatic heterocycles. The molecular formula is C19H16F3N7O2S. The van der Waals surface area contributed by atoms with Gasteiger partial charge < -0.3 is 10.1 Å². The number of hydrogen-bond acceptors (Lipinski definition) is 7. The Hall–Kier alpha value is -3.58. The van der Waals surface area contributed by atoms with Gasteiger partial charge in [0.15, 0.2) is 0 Å². The molecule has 32 heavy (non-hydrogen) atoms. The first-order valence-corrected chi connectivity index (χ1v) is 10.2. The summed E-state index contributed by atoms with van der Waals surface area (Å²) in [4.78, 5) is 21.3. The van der Waals surface area contributed by atoms with E-state index in [1.165, 1.54) is 22.2 Å². The summed E-state index contributed by atoms with van der Waals surface area (Å²) in [5, 5.41) is 16.0. The van der Waals surface area contributed by atoms with E-state index in [1.54, 1.807) is 42.0 Å². The van der Waals surface area contributed by atoms with Crippen LogP contribution in [0.1, 0.15) is 10.5 Å². The third-order valence-corrected chi connectivity index (χ3v) is 4.97. The normalized spacial score (nSPS) is 11.6. The van der Waals surface area contributed by atoms with Crippen molar-refractivity contribution in [3.05, 3.63) is 53.9 Å². The molecule has 0 unspecified atom stereocenters. The number of pyridine rings is 1. The van der Waals surface area contributed by atoms with Crippen LogP contribution >= 0.6 is 11.3 Å². The van der Waals surface area contributed by atoms with Gasteiger partial charge in [-0.3, -0.25) is 19.6 Å². The summed E-state index contributed by atoms with van der Waals surface area (Å²) in [5.74, 6) is -0.465. The summed E-state index contributed by atoms with van der Waals surface area (Å²) in [6, 6.07) is 6.94. The van der Waals surface area contributed by atoms with Crippen LogP contribution in [-0.2, 0) is 11.3 Å². The Balaban J connectivity index is 1.51. The topological polar surface area (TPSA) is 111 Å². The number of aromatic amines is 1. The van der Waals surface area contributed by atoms with E-state index in [0.717, 1.165) is 0 Å². The van der Waals surface area contributed by atoms with Crippen LogP contribution in [0.25, 0.3) is 22.1 Å². The molecule has 0 aliphatic rings. The summed E-state index contributed by atoms with van der Waals surface area (Å²) >= 11 is 1.27. The van der Waals surface area contributed by atoms with Gasteiger partial charge >= 0.3 is 6.18 Å². The number of H-pyrrole nitrogens is 1. The number of carbonyl (C=O) groups excluding carboxylic acids is 1. The first kappa shape index (κ1) is 21.6. The van der Waals surface area contributed by atoms with Crippen LogP contribution in [0.2, 0.25) is 0 Å². The van der Waals surface area contributed by atoms with Crippen molar-refractivity contribution in [1.82, 2.24) is 29.9 Å². The Morgan fingerprint density at radius 1 is 1.25 bits per heavy atom. The second-order valence-corrected chi connectivity index (χ2v) is 7.35. The lowest BCUT2D eigenvalue weighted by molar-refractivity contribution is -0.174. The molecule has 4 heterocycles. The molecule has 4 rings (SSSR count). The standard InChI is InChI=1S/C19H16F3N7O2S/c20-19(21,22)11-31-8-7-29-9-14(16(28-29)12-3-1-2-5-23-12)25-17(30)15-10-32-18(26-15)13-4-6-24-27-13/h1-6,9-10H,7-8,11H2,(H,24,27)(H,25,30). The highest BCUT2D eigenvalue weighted by Crippen LogP contribution is 2.26. The van der Waals surface area contributed by atoms with Crippen LogP contribution in [0.5, 0.6) is 0 Å². The summed E-state index contributed by atoms with van der Waals surface area (Å²) in [7, 11) is 0. The van der Waals surface area contributed by atoms with Crippen molar-refractivity contribution in [2.45, 2.75) is 12.7 Å². The smallest absolute Gasteiger partial charge is 0.370 e. The second kappa shape index (κ2) is 9.28. The predicted octanol–water partition coefficient (Wildman–Crippen LogP) is 3.62. The minimum atomic E-state index is -4.40. The van der Waals surface area contributed by atoms with Gasteiger partial charge in [0.05, 0.1) is 24.5 Å². The number of carbonyl (C=O) groups is 1. The minimum absolute atomic E-state index is 0.0613. The fourth-order valence-corrected chi connectivity index (χ4v) is 3.50. The molecule has 1 amide bonds. The maximum Gasteiger partial charge on any atom is 0.411 e. The molecule has 0 spiro atoms. The summed E-state index contributed by atoms with van der Waals surface area (Å²) < 4.78 is 42.8. The quantitative estimate of drug-likeness (QED) is 0.386. The van der Waals surface area contributed by atoms with Crippen molar-refractivity contribution in [3.8, 4) is 22.1 Å². The predicted molar refractivity (Wildman–Crippen MR) is 110 cm³/mol. The number of halogens is 3. The van der Waals surface area contributed by atoms with E-state index in [-0.39, 0.29) is 18.8 Å². The van der Waals surface area contributed by atoms with Crippen molar-refractivity contribution in [2.75, 3.05) is 18.5 Å². The van der Waals surface area contributed by atoms with E-state index < -0.39 is 18.7 Å². The average Bonchev–Trinajstić information content (AvgIpc) is 3.51. The number of amides is 1. The highest BCUT2D eigenvalue weighted by Gasteiger charge is 2.27. The van der Waals surface area contributed by atoms with Gasteiger partial charge in [0.25, 0.3) is 5.91 Å². The molecule has 13 heteroatoms. The van der Waals surface area contributed by atoms with Gasteiger partial charge in [0.1, 0.15) is 28.7 Å². The minimum Gasteiger partial charge on any atom is -0.370 e. The fraction of sp³-hybridized carbons (Fsp3) is 0.211. The van der Waals surface area contributed by atoms with Gasteiger partial charge in [-0.15, -0.1) is 11.3 Å². The summed E-state index contributed by atoms with van der Waals surface area (Å²) in [6.07, 6.45) is 0.343. The Morgan fingerprint density at radius 2 is 2.12 bits per heavy atom. The molecule has 0 saturated heterocycles. The lowest BCUT2D eigenvalue weighted by atomic mass is 10.2. The molecule has 0 aliphatic carbocycles. The number of anilines is 1. The van der Waals surface area contributed by atoms with Crippen molar-refractivity contribution < 1.29 is 22.7 Å². The molecule has 2 N–H and O–H groups in total. The molecule has 0 atom stereocenters. The van der Waals surface area contributed by atoms with Crippen molar-refractivity contribution in [3.63, 3.8) is 0 Å². The summed E-state index contributed by atoms with van der Waals surface area (Å²) in [5.41, 5.74) is 2.03. The maximum atomic E-state index is 12.8. The number of hydrogen-bond donors (Lipinski definition) is 2. The Kier molecular flexibility index (Phi) is 6.28. The van der Waals surface area contributed by atoms with Crippen molar-refractivity contribution in [1.29, 1.82) is 0 Å². The van der Waals surface area contributed by atoms with E-state index in [1.807, 2.05) is 0 Å². The second-order valence-electron chi connectivity index (χ2n) is 6.49. The van der Waals surface area contributed by atoms with Gasteiger partial charge in [0.2, 0.25) is 0 Å². The van der Waals surface area contributed by atoms with Gasteiger partial charge in [-0.05, 0) is 18.2 Å². The van der Waals surface area contributed by atoms with Crippen LogP contribution < -0.4 is 5.32 Å². The van der Waals surface area contributed by atoms with Crippen LogP contribution in [0.15, 0.2) is 48.2 Å². The van der Waals surface area contributed by atoms with E-state index in [4.69, 9.17) is 0 Å². The molecule has 0 saturated carbocycles. The van der Waals surface area contributed by atoms with E-state index >= 15 is 0 Å². The van der Waals surface area contributed by atoms with Gasteiger partial charge in [-0.2, -0.15) is 23.4 Å². The number of alkyl halides is 3. The van der Waals surface area contributed by atoms with Gasteiger partial charge in [-0.25, -0.2) is 4.98 Å². The Bertz CT molecular complexity index is 1170. The highest BCUT2D eigenvalue weighted by molar-refractivity contribution is 7.13. The summed E-state index contributed by atoms with van der Waals surface area (Å²) in [6.45, 7) is -1.48. The van der Waals surface area contributed by atoms with Crippen LogP contribution in [0, 0.1) is 0 Å². The number of nitrogens with one attached hydrogen (secondary N) is 2. The zero-order valence-electron chi connectivity index (χ0n) is 16.3. The third-order valence-electron chi connectivity index (χ3n) is 4.10. The largest absolute Gasteiger partial charge is 0.411 e. The lowest BCUT2D eigenvalue weighted by Gasteiger charge is -2.07. The zero-order valence-corrected chi connectivity index (χ0v) is 17.2. The Labute approximate surface area is 183 Å². The Morgan fingerprint density at radius 3 is 2.84 bits per heavy atom. The monoisotopic (exact) mass is 463 g/mol. The highest BCUT2D eigenvalue weighted by atomic mass is 32.1. The molecule has 4 aromatic heterocycles. The lowest BCUT2D eigenvalue weighted by Crippen LogP contribution is -2.19. The number of ether oxygens (including phenoxy) is 1. The molecule has 0 fully saturated rings. The molecule has 9 nitrogen and oxygen atoms in total. The fourth-order valence-electron chi connectivity index (χ4n) is 2.73. The van der Waals surface area contributed by atoms with Crippen LogP contribution in [0.4, 0.5) is 18.9 Å². The number of aromatic nitrogens is 6. The molecule has 0 bridgehead atoms. The van der Waals surface area contributed by atoms with E-state index in [9.17, 15) is 18.0 Å². The number of thiazole rings is 1. The first-order chi connectivity index (χ1) is 15.4. The van der Waals surface area contributed by atoms with Crippen LogP contribution in [0.3, 0.4) is 0 Å². The number of nitrogens with zero attached hydrogens (tertiary/aromatic N) is 5. The molecule has 0 radical (unpaired) electrons. The van der Waals surface area contributed by atoms with Gasteiger partial charge in [0, 0.05) is 24.0 Å². The molecular weight excluding hydrogens is 447 g/mol. The van der Waals surface area contributed by atoms with Crippen molar-refractivity contribution in [2.24, 2.45) is 0 Å². The van der Waals surface area contributed by atoms with Gasteiger partial charge in [-0.1, -0.05) is 6.07 Å². The third kappa shape index (κ3) is 5.36. The SMILES string of the molecule is O=C(Nc1cn(CCOCC(F)(F)F)nc1-c1ccccn1)c1csc(-c2cc[nH]n2)n1. The maximum absolute atomic E-state index is 12.8. The van der Waals surface area contributed by atoms with Crippen molar-refractivity contribution >= 4 is 22.9 Å². The van der Waals surface area contributed by atoms with Crippen LogP contribution in [-0.4, -0.2) is 55.2 Å². The zero-order chi connectivity index (χ0) is 22.6. The first-order valence-electron chi connectivity index (χ1n) is 9.29. The number of rotatable bonds is 8. The van der Waals surface area contributed by atoms with E-state index in [2.05, 4.69) is 35.3 Å². The average molecular weight is 463 g/mol. The van der Waals surface area contributed by atoms with E-state index in [0.29, 0.717) is 27.8 Å². The molecule has 0 aromatic carbocycles. The molecule has 4 aromatic rings.